The van der Waals surface area contributed by atoms with Crippen molar-refractivity contribution < 1.29 is 4.74 Å². The van der Waals surface area contributed by atoms with Gasteiger partial charge in [0.1, 0.15) is 11.8 Å². The van der Waals surface area contributed by atoms with Gasteiger partial charge >= 0.3 is 0 Å². The summed E-state index contributed by atoms with van der Waals surface area (Å²) in [7, 11) is 0. The second kappa shape index (κ2) is 8.01. The van der Waals surface area contributed by atoms with E-state index in [1.165, 1.54) is 6.21 Å². The molecule has 1 rings (SSSR count). The molecule has 0 aromatic rings. The summed E-state index contributed by atoms with van der Waals surface area (Å²) in [5, 5.41) is 8.49. The van der Waals surface area contributed by atoms with Crippen molar-refractivity contribution in [2.45, 2.75) is 18.9 Å². The highest BCUT2D eigenvalue weighted by Crippen LogP contribution is 2.11. The SMILES string of the molecule is C=C(C#N)N=CC(=C)C(N)=CC=NCC1CCCO1. The van der Waals surface area contributed by atoms with E-state index in [0.717, 1.165) is 19.4 Å². The number of aliphatic imine (C=N–C) groups is 2. The molecular weight excluding hydrogens is 240 g/mol. The van der Waals surface area contributed by atoms with Gasteiger partial charge in [-0.2, -0.15) is 5.26 Å². The smallest absolute Gasteiger partial charge is 0.133 e. The third-order valence-electron chi connectivity index (χ3n) is 2.57. The van der Waals surface area contributed by atoms with E-state index in [1.807, 2.05) is 6.07 Å². The summed E-state index contributed by atoms with van der Waals surface area (Å²) in [4.78, 5) is 8.01. The molecule has 1 atom stereocenters. The van der Waals surface area contributed by atoms with Crippen molar-refractivity contribution in [3.05, 3.63) is 36.2 Å². The van der Waals surface area contributed by atoms with Crippen molar-refractivity contribution in [1.82, 2.24) is 0 Å². The Morgan fingerprint density at radius 2 is 2.32 bits per heavy atom. The van der Waals surface area contributed by atoms with E-state index >= 15 is 0 Å². The van der Waals surface area contributed by atoms with Gasteiger partial charge in [-0.25, -0.2) is 4.99 Å². The fraction of sp³-hybridized carbons (Fsp3) is 0.357. The first kappa shape index (κ1) is 14.9. The molecule has 5 nitrogen and oxygen atoms in total. The Kier molecular flexibility index (Phi) is 6.27. The van der Waals surface area contributed by atoms with Crippen LogP contribution in [0, 0.1) is 11.3 Å². The van der Waals surface area contributed by atoms with E-state index in [1.54, 1.807) is 12.3 Å². The molecule has 1 saturated heterocycles. The van der Waals surface area contributed by atoms with E-state index < -0.39 is 0 Å². The fourth-order valence-corrected chi connectivity index (χ4v) is 1.47. The first-order valence-corrected chi connectivity index (χ1v) is 6.03. The van der Waals surface area contributed by atoms with E-state index in [2.05, 4.69) is 23.1 Å². The van der Waals surface area contributed by atoms with Crippen LogP contribution < -0.4 is 5.73 Å². The number of nitriles is 1. The molecule has 0 bridgehead atoms. The Morgan fingerprint density at radius 3 is 2.95 bits per heavy atom. The van der Waals surface area contributed by atoms with Gasteiger partial charge in [-0.1, -0.05) is 13.2 Å². The lowest BCUT2D eigenvalue weighted by molar-refractivity contribution is 0.118. The van der Waals surface area contributed by atoms with Crippen molar-refractivity contribution in [2.24, 2.45) is 15.7 Å². The molecular formula is C14H18N4O. The fourth-order valence-electron chi connectivity index (χ4n) is 1.47. The molecule has 0 aliphatic carbocycles. The number of hydrogen-bond acceptors (Lipinski definition) is 5. The molecule has 1 aliphatic rings. The average molecular weight is 258 g/mol. The average Bonchev–Trinajstić information content (AvgIpc) is 2.93. The first-order valence-electron chi connectivity index (χ1n) is 6.03. The van der Waals surface area contributed by atoms with Gasteiger partial charge in [-0.15, -0.1) is 0 Å². The first-order chi connectivity index (χ1) is 9.13. The standard InChI is InChI=1S/C14H18N4O/c1-11(9-18-12(2)8-15)14(16)5-6-17-10-13-4-3-7-19-13/h5-6,9,13H,1-4,7,10,16H2. The normalized spacial score (nSPS) is 19.9. The lowest BCUT2D eigenvalue weighted by atomic mass is 10.2. The lowest BCUT2D eigenvalue weighted by Crippen LogP contribution is -2.09. The summed E-state index contributed by atoms with van der Waals surface area (Å²) in [6.45, 7) is 8.64. The molecule has 0 amide bonds. The van der Waals surface area contributed by atoms with E-state index in [9.17, 15) is 0 Å². The monoisotopic (exact) mass is 258 g/mol. The molecule has 0 spiro atoms. The minimum atomic E-state index is 0.112. The van der Waals surface area contributed by atoms with Crippen LogP contribution >= 0.6 is 0 Å². The largest absolute Gasteiger partial charge is 0.398 e. The third kappa shape index (κ3) is 5.80. The van der Waals surface area contributed by atoms with Crippen LogP contribution in [0.5, 0.6) is 0 Å². The molecule has 1 heterocycles. The number of nitrogens with two attached hydrogens (primary N) is 1. The van der Waals surface area contributed by atoms with Crippen molar-refractivity contribution >= 4 is 12.4 Å². The molecule has 5 heteroatoms. The zero-order valence-electron chi connectivity index (χ0n) is 10.9. The second-order valence-corrected chi connectivity index (χ2v) is 4.11. The number of ether oxygens (including phenoxy) is 1. The van der Waals surface area contributed by atoms with E-state index in [0.29, 0.717) is 17.8 Å². The quantitative estimate of drug-likeness (QED) is 0.447. The number of hydrogen-bond donors (Lipinski definition) is 1. The summed E-state index contributed by atoms with van der Waals surface area (Å²) in [6.07, 6.45) is 7.09. The van der Waals surface area contributed by atoms with Gasteiger partial charge in [-0.3, -0.25) is 4.99 Å². The van der Waals surface area contributed by atoms with Gasteiger partial charge in [-0.05, 0) is 18.9 Å². The maximum atomic E-state index is 8.49. The van der Waals surface area contributed by atoms with Gasteiger partial charge < -0.3 is 10.5 Å². The van der Waals surface area contributed by atoms with E-state index in [-0.39, 0.29) is 11.8 Å². The highest BCUT2D eigenvalue weighted by Gasteiger charge is 2.13. The Balaban J connectivity index is 2.40. The molecule has 0 aromatic heterocycles. The van der Waals surface area contributed by atoms with Crippen molar-refractivity contribution in [3.63, 3.8) is 0 Å². The predicted molar refractivity (Wildman–Crippen MR) is 77.0 cm³/mol. The van der Waals surface area contributed by atoms with Crippen molar-refractivity contribution in [3.8, 4) is 6.07 Å². The minimum absolute atomic E-state index is 0.112. The summed E-state index contributed by atoms with van der Waals surface area (Å²) in [6, 6.07) is 1.81. The van der Waals surface area contributed by atoms with Crippen molar-refractivity contribution in [1.29, 1.82) is 5.26 Å². The maximum absolute atomic E-state index is 8.49. The van der Waals surface area contributed by atoms with Crippen LogP contribution in [-0.2, 0) is 4.74 Å². The van der Waals surface area contributed by atoms with Crippen LogP contribution in [0.3, 0.4) is 0 Å². The Hall–Kier alpha value is -2.19. The topological polar surface area (TPSA) is 83.8 Å². The zero-order chi connectivity index (χ0) is 14.1. The molecule has 2 N–H and O–H groups in total. The van der Waals surface area contributed by atoms with Crippen LogP contribution in [0.4, 0.5) is 0 Å². The molecule has 19 heavy (non-hydrogen) atoms. The van der Waals surface area contributed by atoms with Crippen LogP contribution in [0.25, 0.3) is 0 Å². The van der Waals surface area contributed by atoms with Crippen LogP contribution in [0.2, 0.25) is 0 Å². The maximum Gasteiger partial charge on any atom is 0.133 e. The summed E-state index contributed by atoms with van der Waals surface area (Å²) >= 11 is 0. The predicted octanol–water partition coefficient (Wildman–Crippen LogP) is 1.74. The Morgan fingerprint density at radius 1 is 1.53 bits per heavy atom. The Bertz CT molecular complexity index is 462. The molecule has 0 radical (unpaired) electrons. The number of rotatable bonds is 6. The Labute approximate surface area is 113 Å². The molecule has 0 saturated carbocycles. The van der Waals surface area contributed by atoms with E-state index in [4.69, 9.17) is 15.7 Å². The summed E-state index contributed by atoms with van der Waals surface area (Å²) in [5.74, 6) is 0. The van der Waals surface area contributed by atoms with Gasteiger partial charge in [0.2, 0.25) is 0 Å². The van der Waals surface area contributed by atoms with Gasteiger partial charge in [0.15, 0.2) is 0 Å². The van der Waals surface area contributed by atoms with Crippen LogP contribution in [-0.4, -0.2) is 31.7 Å². The summed E-state index contributed by atoms with van der Waals surface area (Å²) in [5.41, 5.74) is 6.85. The zero-order valence-corrected chi connectivity index (χ0v) is 10.9. The molecule has 1 unspecified atom stereocenters. The van der Waals surface area contributed by atoms with Gasteiger partial charge in [0.05, 0.1) is 12.6 Å². The molecule has 0 aromatic carbocycles. The molecule has 100 valence electrons. The molecule has 1 aliphatic heterocycles. The highest BCUT2D eigenvalue weighted by molar-refractivity contribution is 5.87. The van der Waals surface area contributed by atoms with Crippen LogP contribution in [0.15, 0.2) is 46.2 Å². The second-order valence-electron chi connectivity index (χ2n) is 4.11. The van der Waals surface area contributed by atoms with Crippen LogP contribution in [0.1, 0.15) is 12.8 Å². The third-order valence-corrected chi connectivity index (χ3v) is 2.57. The minimum Gasteiger partial charge on any atom is -0.398 e. The molecule has 1 fully saturated rings. The number of allylic oxidation sites excluding steroid dienone is 3. The number of nitrogens with zero attached hydrogens (tertiary/aromatic N) is 3. The lowest BCUT2D eigenvalue weighted by Gasteiger charge is -2.03. The van der Waals surface area contributed by atoms with Crippen molar-refractivity contribution in [2.75, 3.05) is 13.2 Å². The highest BCUT2D eigenvalue weighted by atomic mass is 16.5. The summed E-state index contributed by atoms with van der Waals surface area (Å²) < 4.78 is 5.44. The van der Waals surface area contributed by atoms with Gasteiger partial charge in [0.25, 0.3) is 0 Å². The van der Waals surface area contributed by atoms with Gasteiger partial charge in [0, 0.05) is 30.3 Å².